The summed E-state index contributed by atoms with van der Waals surface area (Å²) in [6.07, 6.45) is 2.75. The number of amides is 2. The summed E-state index contributed by atoms with van der Waals surface area (Å²) in [6.45, 7) is 1.03. The van der Waals surface area contributed by atoms with Crippen LogP contribution in [0.4, 0.5) is 5.69 Å². The SMILES string of the molecule is NC(=O)C1CCN(C(=O)c2ncccc2N)CC1. The first kappa shape index (κ1) is 12.3. The molecule has 4 N–H and O–H groups in total. The number of hydrogen-bond acceptors (Lipinski definition) is 4. The molecule has 0 unspecified atom stereocenters. The third-order valence-corrected chi connectivity index (χ3v) is 3.23. The summed E-state index contributed by atoms with van der Waals surface area (Å²) >= 11 is 0. The lowest BCUT2D eigenvalue weighted by Gasteiger charge is -2.30. The molecule has 6 heteroatoms. The number of aromatic nitrogens is 1. The van der Waals surface area contributed by atoms with E-state index in [2.05, 4.69) is 4.98 Å². The number of carbonyl (C=O) groups is 2. The van der Waals surface area contributed by atoms with Gasteiger partial charge in [0.1, 0.15) is 0 Å². The molecule has 1 aromatic rings. The lowest BCUT2D eigenvalue weighted by atomic mass is 9.96. The summed E-state index contributed by atoms with van der Waals surface area (Å²) in [6, 6.07) is 3.34. The summed E-state index contributed by atoms with van der Waals surface area (Å²) in [5.74, 6) is -0.606. The highest BCUT2D eigenvalue weighted by Gasteiger charge is 2.27. The monoisotopic (exact) mass is 248 g/mol. The first-order chi connectivity index (χ1) is 8.59. The number of nitrogen functional groups attached to an aromatic ring is 1. The van der Waals surface area contributed by atoms with E-state index in [1.54, 1.807) is 23.2 Å². The van der Waals surface area contributed by atoms with Gasteiger partial charge in [0.2, 0.25) is 5.91 Å². The quantitative estimate of drug-likeness (QED) is 0.769. The molecule has 1 aliphatic heterocycles. The number of primary amides is 1. The van der Waals surface area contributed by atoms with Crippen LogP contribution in [-0.2, 0) is 4.79 Å². The minimum absolute atomic E-state index is 0.130. The Morgan fingerprint density at radius 2 is 2.00 bits per heavy atom. The van der Waals surface area contributed by atoms with Crippen molar-refractivity contribution in [1.82, 2.24) is 9.88 Å². The molecule has 0 radical (unpaired) electrons. The highest BCUT2D eigenvalue weighted by Crippen LogP contribution is 2.19. The molecule has 18 heavy (non-hydrogen) atoms. The van der Waals surface area contributed by atoms with Gasteiger partial charge in [-0.3, -0.25) is 9.59 Å². The molecular formula is C12H16N4O2. The van der Waals surface area contributed by atoms with Crippen LogP contribution in [0.2, 0.25) is 0 Å². The maximum absolute atomic E-state index is 12.2. The van der Waals surface area contributed by atoms with Gasteiger partial charge in [-0.15, -0.1) is 0 Å². The van der Waals surface area contributed by atoms with E-state index in [1.165, 1.54) is 0 Å². The van der Waals surface area contributed by atoms with Gasteiger partial charge in [0.15, 0.2) is 5.69 Å². The highest BCUT2D eigenvalue weighted by atomic mass is 16.2. The van der Waals surface area contributed by atoms with Gasteiger partial charge in [-0.05, 0) is 25.0 Å². The molecule has 0 aromatic carbocycles. The molecule has 1 aliphatic rings. The van der Waals surface area contributed by atoms with Crippen molar-refractivity contribution in [2.75, 3.05) is 18.8 Å². The van der Waals surface area contributed by atoms with Crippen molar-refractivity contribution in [3.63, 3.8) is 0 Å². The summed E-state index contributed by atoms with van der Waals surface area (Å²) in [5.41, 5.74) is 11.6. The number of carbonyl (C=O) groups excluding carboxylic acids is 2. The van der Waals surface area contributed by atoms with Gasteiger partial charge in [-0.1, -0.05) is 0 Å². The van der Waals surface area contributed by atoms with Gasteiger partial charge >= 0.3 is 0 Å². The van der Waals surface area contributed by atoms with Crippen molar-refractivity contribution >= 4 is 17.5 Å². The second-order valence-corrected chi connectivity index (χ2v) is 4.41. The van der Waals surface area contributed by atoms with Crippen molar-refractivity contribution in [1.29, 1.82) is 0 Å². The topological polar surface area (TPSA) is 102 Å². The first-order valence-electron chi connectivity index (χ1n) is 5.88. The maximum atomic E-state index is 12.2. The molecule has 0 bridgehead atoms. The second-order valence-electron chi connectivity index (χ2n) is 4.41. The molecule has 0 aliphatic carbocycles. The largest absolute Gasteiger partial charge is 0.397 e. The Morgan fingerprint density at radius 1 is 1.33 bits per heavy atom. The molecule has 96 valence electrons. The number of nitrogens with zero attached hydrogens (tertiary/aromatic N) is 2. The number of piperidine rings is 1. The van der Waals surface area contributed by atoms with E-state index in [4.69, 9.17) is 11.5 Å². The van der Waals surface area contributed by atoms with Gasteiger partial charge < -0.3 is 16.4 Å². The van der Waals surface area contributed by atoms with Crippen LogP contribution < -0.4 is 11.5 Å². The van der Waals surface area contributed by atoms with E-state index >= 15 is 0 Å². The number of nitrogens with two attached hydrogens (primary N) is 2. The smallest absolute Gasteiger partial charge is 0.274 e. The summed E-state index contributed by atoms with van der Waals surface area (Å²) in [4.78, 5) is 28.9. The van der Waals surface area contributed by atoms with E-state index in [0.717, 1.165) is 0 Å². The zero-order valence-corrected chi connectivity index (χ0v) is 10.0. The van der Waals surface area contributed by atoms with E-state index in [1.807, 2.05) is 0 Å². The predicted molar refractivity (Wildman–Crippen MR) is 66.5 cm³/mol. The number of pyridine rings is 1. The minimum atomic E-state index is -0.292. The summed E-state index contributed by atoms with van der Waals surface area (Å²) in [7, 11) is 0. The molecule has 0 saturated carbocycles. The Bertz CT molecular complexity index is 467. The van der Waals surface area contributed by atoms with Gasteiger partial charge in [-0.2, -0.15) is 0 Å². The molecule has 2 heterocycles. The van der Waals surface area contributed by atoms with E-state index in [-0.39, 0.29) is 23.4 Å². The van der Waals surface area contributed by atoms with Crippen LogP contribution in [-0.4, -0.2) is 34.8 Å². The normalized spacial score (nSPS) is 16.6. The fraction of sp³-hybridized carbons (Fsp3) is 0.417. The summed E-state index contributed by atoms with van der Waals surface area (Å²) in [5, 5.41) is 0. The van der Waals surface area contributed by atoms with E-state index in [0.29, 0.717) is 31.6 Å². The highest BCUT2D eigenvalue weighted by molar-refractivity contribution is 5.97. The Labute approximate surface area is 105 Å². The average Bonchev–Trinajstić information content (AvgIpc) is 2.38. The first-order valence-corrected chi connectivity index (χ1v) is 5.88. The number of hydrogen-bond donors (Lipinski definition) is 2. The molecule has 0 atom stereocenters. The standard InChI is InChI=1S/C12H16N4O2/c13-9-2-1-5-15-10(9)12(18)16-6-3-8(4-7-16)11(14)17/h1-2,5,8H,3-4,6-7,13H2,(H2,14,17). The van der Waals surface area contributed by atoms with E-state index in [9.17, 15) is 9.59 Å². The Kier molecular flexibility index (Phi) is 3.45. The fourth-order valence-corrected chi connectivity index (χ4v) is 2.11. The second kappa shape index (κ2) is 5.03. The predicted octanol–water partition coefficient (Wildman–Crippen LogP) is 0.00130. The number of likely N-dealkylation sites (tertiary alicyclic amines) is 1. The molecule has 1 aromatic heterocycles. The third kappa shape index (κ3) is 2.42. The molecule has 2 amide bonds. The number of rotatable bonds is 2. The third-order valence-electron chi connectivity index (χ3n) is 3.23. The Hall–Kier alpha value is -2.11. The maximum Gasteiger partial charge on any atom is 0.274 e. The van der Waals surface area contributed by atoms with Gasteiger partial charge in [0.05, 0.1) is 5.69 Å². The molecule has 0 spiro atoms. The van der Waals surface area contributed by atoms with Crippen molar-refractivity contribution < 1.29 is 9.59 Å². The van der Waals surface area contributed by atoms with Crippen LogP contribution in [0.15, 0.2) is 18.3 Å². The molecule has 2 rings (SSSR count). The van der Waals surface area contributed by atoms with Gasteiger partial charge in [-0.25, -0.2) is 4.98 Å². The Morgan fingerprint density at radius 3 is 2.56 bits per heavy atom. The lowest BCUT2D eigenvalue weighted by Crippen LogP contribution is -2.42. The van der Waals surface area contributed by atoms with Crippen molar-refractivity contribution in [3.05, 3.63) is 24.0 Å². The van der Waals surface area contributed by atoms with Gasteiger partial charge in [0.25, 0.3) is 5.91 Å². The van der Waals surface area contributed by atoms with Gasteiger partial charge in [0, 0.05) is 25.2 Å². The molecule has 1 saturated heterocycles. The van der Waals surface area contributed by atoms with E-state index < -0.39 is 0 Å². The molecular weight excluding hydrogens is 232 g/mol. The van der Waals surface area contributed by atoms with Crippen molar-refractivity contribution in [2.24, 2.45) is 11.7 Å². The van der Waals surface area contributed by atoms with Crippen molar-refractivity contribution in [3.8, 4) is 0 Å². The average molecular weight is 248 g/mol. The van der Waals surface area contributed by atoms with Crippen LogP contribution in [0.25, 0.3) is 0 Å². The lowest BCUT2D eigenvalue weighted by molar-refractivity contribution is -0.123. The zero-order chi connectivity index (χ0) is 13.1. The number of anilines is 1. The molecule has 6 nitrogen and oxygen atoms in total. The Balaban J connectivity index is 2.04. The van der Waals surface area contributed by atoms with Crippen LogP contribution in [0.5, 0.6) is 0 Å². The fourth-order valence-electron chi connectivity index (χ4n) is 2.11. The summed E-state index contributed by atoms with van der Waals surface area (Å²) < 4.78 is 0. The van der Waals surface area contributed by atoms with Crippen LogP contribution in [0.1, 0.15) is 23.3 Å². The van der Waals surface area contributed by atoms with Crippen LogP contribution in [0, 0.1) is 5.92 Å². The molecule has 1 fully saturated rings. The zero-order valence-electron chi connectivity index (χ0n) is 10.0. The minimum Gasteiger partial charge on any atom is -0.397 e. The van der Waals surface area contributed by atoms with Crippen molar-refractivity contribution in [2.45, 2.75) is 12.8 Å². The van der Waals surface area contributed by atoms with Crippen LogP contribution in [0.3, 0.4) is 0 Å². The van der Waals surface area contributed by atoms with Crippen LogP contribution >= 0.6 is 0 Å².